The Bertz CT molecular complexity index is 1300. The number of anilines is 1. The molecule has 0 bridgehead atoms. The average Bonchev–Trinajstić information content (AvgIpc) is 3.11. The Morgan fingerprint density at radius 1 is 0.914 bits per heavy atom. The monoisotopic (exact) mass is 511 g/mol. The number of aliphatic hydroxyl groups is 1. The number of ether oxygens (including phenoxy) is 2. The van der Waals surface area contributed by atoms with Gasteiger partial charge < -0.3 is 14.6 Å². The molecule has 0 radical (unpaired) electrons. The van der Waals surface area contributed by atoms with Crippen LogP contribution in [0, 0.1) is 0 Å². The van der Waals surface area contributed by atoms with E-state index in [-0.39, 0.29) is 16.2 Å². The largest absolute Gasteiger partial charge is 0.507 e. The summed E-state index contributed by atoms with van der Waals surface area (Å²) in [5.41, 5.74) is 1.13. The quantitative estimate of drug-likeness (QED) is 0.225. The molecule has 1 heterocycles. The standard InChI is InChI=1S/C27H23Cl2NO5/c1-3-34-19-10-8-16(9-11-19)24-23(25(31)21-15-20(35-4-2)12-13-22(21)29)26(32)27(33)30(24)18-7-5-6-17(28)14-18/h5-15,24,31H,3-4H2,1-2H3/b25-23+. The van der Waals surface area contributed by atoms with E-state index in [1.165, 1.54) is 4.90 Å². The molecular formula is C27H23Cl2NO5. The van der Waals surface area contributed by atoms with Gasteiger partial charge in [-0.1, -0.05) is 41.4 Å². The van der Waals surface area contributed by atoms with Crippen molar-refractivity contribution >= 4 is 46.3 Å². The highest BCUT2D eigenvalue weighted by Crippen LogP contribution is 2.44. The van der Waals surface area contributed by atoms with Crippen LogP contribution in [0.4, 0.5) is 5.69 Å². The van der Waals surface area contributed by atoms with Crippen molar-refractivity contribution in [1.29, 1.82) is 0 Å². The number of nitrogens with zero attached hydrogens (tertiary/aromatic N) is 1. The summed E-state index contributed by atoms with van der Waals surface area (Å²) < 4.78 is 11.1. The lowest BCUT2D eigenvalue weighted by molar-refractivity contribution is -0.132. The maximum Gasteiger partial charge on any atom is 0.300 e. The number of carbonyl (C=O) groups excluding carboxylic acids is 2. The van der Waals surface area contributed by atoms with Crippen molar-refractivity contribution in [3.63, 3.8) is 0 Å². The number of halogens is 2. The number of hydrogen-bond acceptors (Lipinski definition) is 5. The van der Waals surface area contributed by atoms with E-state index < -0.39 is 23.5 Å². The second-order valence-electron chi connectivity index (χ2n) is 7.73. The van der Waals surface area contributed by atoms with Gasteiger partial charge in [0, 0.05) is 16.3 Å². The van der Waals surface area contributed by atoms with Crippen LogP contribution in [0.1, 0.15) is 31.0 Å². The number of ketones is 1. The summed E-state index contributed by atoms with van der Waals surface area (Å²) in [6.07, 6.45) is 0. The minimum atomic E-state index is -0.920. The molecule has 1 aliphatic heterocycles. The van der Waals surface area contributed by atoms with Crippen molar-refractivity contribution in [3.8, 4) is 11.5 Å². The van der Waals surface area contributed by atoms with Gasteiger partial charge in [-0.05, 0) is 67.9 Å². The molecule has 8 heteroatoms. The van der Waals surface area contributed by atoms with E-state index in [9.17, 15) is 14.7 Å². The number of amides is 1. The molecule has 1 saturated heterocycles. The van der Waals surface area contributed by atoms with E-state index in [1.54, 1.807) is 66.7 Å². The van der Waals surface area contributed by atoms with Gasteiger partial charge in [0.2, 0.25) is 0 Å². The minimum absolute atomic E-state index is 0.0883. The zero-order valence-electron chi connectivity index (χ0n) is 19.1. The van der Waals surface area contributed by atoms with E-state index in [1.807, 2.05) is 13.8 Å². The molecule has 180 valence electrons. The van der Waals surface area contributed by atoms with Crippen LogP contribution in [-0.2, 0) is 9.59 Å². The topological polar surface area (TPSA) is 76.1 Å². The highest BCUT2D eigenvalue weighted by Gasteiger charge is 2.47. The van der Waals surface area contributed by atoms with E-state index in [0.717, 1.165) is 0 Å². The lowest BCUT2D eigenvalue weighted by Crippen LogP contribution is -2.29. The Morgan fingerprint density at radius 2 is 1.57 bits per heavy atom. The molecule has 3 aromatic rings. The number of aliphatic hydroxyl groups excluding tert-OH is 1. The van der Waals surface area contributed by atoms with Gasteiger partial charge in [-0.2, -0.15) is 0 Å². The predicted octanol–water partition coefficient (Wildman–Crippen LogP) is 6.42. The number of carbonyl (C=O) groups is 2. The first-order chi connectivity index (χ1) is 16.8. The highest BCUT2D eigenvalue weighted by molar-refractivity contribution is 6.52. The Labute approximate surface area is 213 Å². The fraction of sp³-hybridized carbons (Fsp3) is 0.185. The maximum atomic E-state index is 13.3. The Balaban J connectivity index is 1.93. The zero-order chi connectivity index (χ0) is 25.1. The van der Waals surface area contributed by atoms with Gasteiger partial charge in [-0.3, -0.25) is 14.5 Å². The Morgan fingerprint density at radius 3 is 2.23 bits per heavy atom. The first kappa shape index (κ1) is 24.6. The number of Topliss-reactive ketones (excluding diaryl/α,β-unsaturated/α-hetero) is 1. The van der Waals surface area contributed by atoms with E-state index >= 15 is 0 Å². The Kier molecular flexibility index (Phi) is 7.34. The molecule has 35 heavy (non-hydrogen) atoms. The third-order valence-corrected chi connectivity index (χ3v) is 6.11. The average molecular weight is 512 g/mol. The van der Waals surface area contributed by atoms with Crippen molar-refractivity contribution in [2.45, 2.75) is 19.9 Å². The molecule has 0 spiro atoms. The van der Waals surface area contributed by atoms with Crippen LogP contribution in [0.2, 0.25) is 10.0 Å². The van der Waals surface area contributed by atoms with Crippen LogP contribution in [0.5, 0.6) is 11.5 Å². The van der Waals surface area contributed by atoms with Gasteiger partial charge in [0.1, 0.15) is 17.3 Å². The number of benzene rings is 3. The lowest BCUT2D eigenvalue weighted by atomic mass is 9.95. The molecule has 0 aliphatic carbocycles. The predicted molar refractivity (Wildman–Crippen MR) is 136 cm³/mol. The zero-order valence-corrected chi connectivity index (χ0v) is 20.6. The van der Waals surface area contributed by atoms with Crippen molar-refractivity contribution in [1.82, 2.24) is 0 Å². The van der Waals surface area contributed by atoms with Gasteiger partial charge in [0.15, 0.2) is 0 Å². The first-order valence-corrected chi connectivity index (χ1v) is 11.8. The number of hydrogen-bond donors (Lipinski definition) is 1. The molecule has 1 aliphatic rings. The molecular weight excluding hydrogens is 489 g/mol. The lowest BCUT2D eigenvalue weighted by Gasteiger charge is -2.26. The van der Waals surface area contributed by atoms with Crippen LogP contribution in [0.3, 0.4) is 0 Å². The molecule has 1 fully saturated rings. The highest BCUT2D eigenvalue weighted by atomic mass is 35.5. The Hall–Kier alpha value is -3.48. The van der Waals surface area contributed by atoms with Crippen molar-refractivity contribution in [2.24, 2.45) is 0 Å². The van der Waals surface area contributed by atoms with Crippen LogP contribution in [-0.4, -0.2) is 30.0 Å². The summed E-state index contributed by atoms with van der Waals surface area (Å²) in [6.45, 7) is 4.61. The van der Waals surface area contributed by atoms with Gasteiger partial charge in [0.25, 0.3) is 11.7 Å². The van der Waals surface area contributed by atoms with Gasteiger partial charge >= 0.3 is 0 Å². The first-order valence-electron chi connectivity index (χ1n) is 11.1. The van der Waals surface area contributed by atoms with Crippen LogP contribution < -0.4 is 14.4 Å². The molecule has 0 saturated carbocycles. The van der Waals surface area contributed by atoms with Gasteiger partial charge in [-0.15, -0.1) is 0 Å². The molecule has 6 nitrogen and oxygen atoms in total. The number of rotatable bonds is 7. The second kappa shape index (κ2) is 10.4. The summed E-state index contributed by atoms with van der Waals surface area (Å²) in [5, 5.41) is 12.0. The molecule has 3 aromatic carbocycles. The summed E-state index contributed by atoms with van der Waals surface area (Å²) in [4.78, 5) is 27.9. The summed E-state index contributed by atoms with van der Waals surface area (Å²) in [7, 11) is 0. The second-order valence-corrected chi connectivity index (χ2v) is 8.57. The van der Waals surface area contributed by atoms with Crippen molar-refractivity contribution in [3.05, 3.63) is 93.5 Å². The molecule has 1 atom stereocenters. The molecule has 0 aromatic heterocycles. The summed E-state index contributed by atoms with van der Waals surface area (Å²) in [6, 6.07) is 17.5. The van der Waals surface area contributed by atoms with Gasteiger partial charge in [-0.25, -0.2) is 0 Å². The van der Waals surface area contributed by atoms with E-state index in [0.29, 0.717) is 41.0 Å². The van der Waals surface area contributed by atoms with Crippen LogP contribution in [0.15, 0.2) is 72.3 Å². The fourth-order valence-corrected chi connectivity index (χ4v) is 4.43. The maximum absolute atomic E-state index is 13.3. The normalized spacial score (nSPS) is 17.0. The van der Waals surface area contributed by atoms with Crippen molar-refractivity contribution < 1.29 is 24.2 Å². The third kappa shape index (κ3) is 4.85. The van der Waals surface area contributed by atoms with E-state index in [4.69, 9.17) is 32.7 Å². The van der Waals surface area contributed by atoms with Gasteiger partial charge in [0.05, 0.1) is 29.9 Å². The van der Waals surface area contributed by atoms with E-state index in [2.05, 4.69) is 0 Å². The van der Waals surface area contributed by atoms with Crippen LogP contribution >= 0.6 is 23.2 Å². The molecule has 1 unspecified atom stereocenters. The summed E-state index contributed by atoms with van der Waals surface area (Å²) in [5.74, 6) is -0.897. The smallest absolute Gasteiger partial charge is 0.300 e. The molecule has 4 rings (SSSR count). The summed E-state index contributed by atoms with van der Waals surface area (Å²) >= 11 is 12.6. The molecule has 1 amide bonds. The third-order valence-electron chi connectivity index (χ3n) is 5.54. The van der Waals surface area contributed by atoms with Crippen molar-refractivity contribution in [2.75, 3.05) is 18.1 Å². The van der Waals surface area contributed by atoms with Crippen LogP contribution in [0.25, 0.3) is 5.76 Å². The SMILES string of the molecule is CCOc1ccc(C2/C(=C(\O)c3cc(OCC)ccc3Cl)C(=O)C(=O)N2c2cccc(Cl)c2)cc1. The fourth-order valence-electron chi connectivity index (χ4n) is 4.04. The minimum Gasteiger partial charge on any atom is -0.507 e. The molecule has 1 N–H and O–H groups in total.